The summed E-state index contributed by atoms with van der Waals surface area (Å²) in [5.74, 6) is -0.440. The van der Waals surface area contributed by atoms with Crippen molar-refractivity contribution in [1.29, 1.82) is 0 Å². The minimum atomic E-state index is -0.919. The largest absolute Gasteiger partial charge is 0.497 e. The summed E-state index contributed by atoms with van der Waals surface area (Å²) in [4.78, 5) is 41.2. The van der Waals surface area contributed by atoms with Crippen molar-refractivity contribution < 1.29 is 19.1 Å². The number of thioether (sulfide) groups is 1. The highest BCUT2D eigenvalue weighted by molar-refractivity contribution is 8.26. The molecule has 0 radical (unpaired) electrons. The molecule has 2 saturated heterocycles. The molecule has 8 heteroatoms. The maximum Gasteiger partial charge on any atom is 0.266 e. The molecule has 0 N–H and O–H groups in total. The van der Waals surface area contributed by atoms with Gasteiger partial charge >= 0.3 is 0 Å². The Balaban J connectivity index is 1.58. The van der Waals surface area contributed by atoms with Gasteiger partial charge in [0.15, 0.2) is 0 Å². The molecule has 0 aliphatic carbocycles. The number of hydrogen-bond donors (Lipinski definition) is 0. The van der Waals surface area contributed by atoms with Crippen molar-refractivity contribution in [2.45, 2.75) is 12.5 Å². The average molecular weight is 425 g/mol. The zero-order chi connectivity index (χ0) is 20.5. The fourth-order valence-corrected chi connectivity index (χ4v) is 4.62. The van der Waals surface area contributed by atoms with Crippen LogP contribution in [-0.4, -0.2) is 40.1 Å². The zero-order valence-corrected chi connectivity index (χ0v) is 17.0. The Labute approximate surface area is 177 Å². The van der Waals surface area contributed by atoms with Gasteiger partial charge in [-0.05, 0) is 35.9 Å². The monoisotopic (exact) mass is 424 g/mol. The molecule has 2 heterocycles. The van der Waals surface area contributed by atoms with E-state index in [4.69, 9.17) is 17.0 Å². The van der Waals surface area contributed by atoms with Crippen LogP contribution in [0.2, 0.25) is 0 Å². The highest BCUT2D eigenvalue weighted by Crippen LogP contribution is 2.37. The lowest BCUT2D eigenvalue weighted by molar-refractivity contribution is -0.129. The molecule has 0 aromatic heterocycles. The lowest BCUT2D eigenvalue weighted by Gasteiger charge is -2.21. The number of methoxy groups -OCH3 is 1. The van der Waals surface area contributed by atoms with Crippen molar-refractivity contribution >= 4 is 57.8 Å². The summed E-state index contributed by atoms with van der Waals surface area (Å²) in [7, 11) is 1.58. The number of anilines is 1. The molecular weight excluding hydrogens is 408 g/mol. The summed E-state index contributed by atoms with van der Waals surface area (Å²) in [6.45, 7) is 0. The topological polar surface area (TPSA) is 66.9 Å². The molecule has 2 aromatic carbocycles. The second-order valence-electron chi connectivity index (χ2n) is 6.45. The first kappa shape index (κ1) is 19.4. The van der Waals surface area contributed by atoms with Crippen molar-refractivity contribution in [2.24, 2.45) is 0 Å². The summed E-state index contributed by atoms with van der Waals surface area (Å²) >= 11 is 6.49. The molecule has 2 fully saturated rings. The maximum absolute atomic E-state index is 13.0. The summed E-state index contributed by atoms with van der Waals surface area (Å²) in [6, 6.07) is 15.0. The van der Waals surface area contributed by atoms with Crippen LogP contribution in [0, 0.1) is 0 Å². The summed E-state index contributed by atoms with van der Waals surface area (Å²) in [5.41, 5.74) is 1.30. The smallest absolute Gasteiger partial charge is 0.266 e. The van der Waals surface area contributed by atoms with Crippen molar-refractivity contribution in [3.05, 3.63) is 65.1 Å². The van der Waals surface area contributed by atoms with Gasteiger partial charge in [-0.1, -0.05) is 54.3 Å². The highest BCUT2D eigenvalue weighted by atomic mass is 32.2. The zero-order valence-electron chi connectivity index (χ0n) is 15.4. The van der Waals surface area contributed by atoms with Crippen LogP contribution in [0.25, 0.3) is 6.08 Å². The van der Waals surface area contributed by atoms with E-state index in [1.165, 1.54) is 4.90 Å². The van der Waals surface area contributed by atoms with E-state index in [9.17, 15) is 14.4 Å². The van der Waals surface area contributed by atoms with Crippen LogP contribution in [0.4, 0.5) is 5.69 Å². The van der Waals surface area contributed by atoms with Gasteiger partial charge in [-0.2, -0.15) is 0 Å². The second-order valence-corrected chi connectivity index (χ2v) is 8.12. The number of benzene rings is 2. The van der Waals surface area contributed by atoms with E-state index in [0.29, 0.717) is 16.3 Å². The van der Waals surface area contributed by atoms with Crippen molar-refractivity contribution in [2.75, 3.05) is 12.0 Å². The van der Waals surface area contributed by atoms with Gasteiger partial charge in [-0.15, -0.1) is 0 Å². The van der Waals surface area contributed by atoms with E-state index in [0.717, 1.165) is 22.2 Å². The minimum Gasteiger partial charge on any atom is -0.497 e. The number of ether oxygens (including phenoxy) is 1. The molecule has 0 spiro atoms. The average Bonchev–Trinajstić information content (AvgIpc) is 3.17. The molecule has 0 saturated carbocycles. The van der Waals surface area contributed by atoms with E-state index >= 15 is 0 Å². The van der Waals surface area contributed by atoms with Crippen LogP contribution in [0.3, 0.4) is 0 Å². The molecule has 3 amide bonds. The molecular formula is C21H16N2O4S2. The van der Waals surface area contributed by atoms with E-state index in [-0.39, 0.29) is 22.6 Å². The number of carbonyl (C=O) groups is 3. The summed E-state index contributed by atoms with van der Waals surface area (Å²) in [5, 5.41) is 0. The van der Waals surface area contributed by atoms with Crippen LogP contribution in [0.5, 0.6) is 5.75 Å². The number of carbonyl (C=O) groups excluding carboxylic acids is 3. The van der Waals surface area contributed by atoms with Gasteiger partial charge in [0.05, 0.1) is 24.1 Å². The van der Waals surface area contributed by atoms with Crippen LogP contribution < -0.4 is 9.64 Å². The number of para-hydroxylation sites is 1. The normalized spacial score (nSPS) is 20.9. The molecule has 2 aromatic rings. The Morgan fingerprint density at radius 1 is 1.07 bits per heavy atom. The lowest BCUT2D eigenvalue weighted by Crippen LogP contribution is -2.44. The van der Waals surface area contributed by atoms with Gasteiger partial charge in [0.1, 0.15) is 16.1 Å². The Kier molecular flexibility index (Phi) is 5.21. The van der Waals surface area contributed by atoms with Crippen molar-refractivity contribution in [3.8, 4) is 5.75 Å². The molecule has 0 unspecified atom stereocenters. The fourth-order valence-electron chi connectivity index (χ4n) is 3.27. The van der Waals surface area contributed by atoms with Gasteiger partial charge < -0.3 is 4.74 Å². The molecule has 6 nitrogen and oxygen atoms in total. The molecule has 1 atom stereocenters. The molecule has 4 rings (SSSR count). The highest BCUT2D eigenvalue weighted by Gasteiger charge is 2.48. The number of thiocarbonyl (C=S) groups is 1. The second kappa shape index (κ2) is 7.81. The van der Waals surface area contributed by atoms with Gasteiger partial charge in [0, 0.05) is 0 Å². The maximum atomic E-state index is 13.0. The van der Waals surface area contributed by atoms with Crippen LogP contribution >= 0.6 is 24.0 Å². The predicted molar refractivity (Wildman–Crippen MR) is 115 cm³/mol. The quantitative estimate of drug-likeness (QED) is 0.427. The van der Waals surface area contributed by atoms with Crippen molar-refractivity contribution in [3.63, 3.8) is 0 Å². The molecule has 0 bridgehead atoms. The fraction of sp³-hybridized carbons (Fsp3) is 0.143. The van der Waals surface area contributed by atoms with Crippen LogP contribution in [-0.2, 0) is 14.4 Å². The van der Waals surface area contributed by atoms with E-state index in [1.807, 2.05) is 12.1 Å². The van der Waals surface area contributed by atoms with Gasteiger partial charge in [-0.25, -0.2) is 4.90 Å². The SMILES string of the molecule is COc1ccc(/C=C2/SC(=S)N([C@H]3CC(=O)N(c4ccccc4)C3=O)C2=O)cc1. The van der Waals surface area contributed by atoms with E-state index < -0.39 is 11.9 Å². The number of nitrogens with zero attached hydrogens (tertiary/aromatic N) is 2. The predicted octanol–water partition coefficient (Wildman–Crippen LogP) is 3.23. The lowest BCUT2D eigenvalue weighted by atomic mass is 10.2. The minimum absolute atomic E-state index is 0.0873. The van der Waals surface area contributed by atoms with Crippen molar-refractivity contribution in [1.82, 2.24) is 4.90 Å². The summed E-state index contributed by atoms with van der Waals surface area (Å²) in [6.07, 6.45) is 1.63. The Morgan fingerprint density at radius 3 is 2.41 bits per heavy atom. The molecule has 2 aliphatic heterocycles. The van der Waals surface area contributed by atoms with Gasteiger partial charge in [0.2, 0.25) is 5.91 Å². The molecule has 29 heavy (non-hydrogen) atoms. The van der Waals surface area contributed by atoms with Crippen LogP contribution in [0.1, 0.15) is 12.0 Å². The number of imide groups is 1. The number of rotatable bonds is 4. The van der Waals surface area contributed by atoms with E-state index in [1.54, 1.807) is 55.7 Å². The Morgan fingerprint density at radius 2 is 1.76 bits per heavy atom. The molecule has 2 aliphatic rings. The molecule has 146 valence electrons. The Bertz CT molecular complexity index is 1030. The standard InChI is InChI=1S/C21H16N2O4S2/c1-27-15-9-7-13(8-10-15)11-17-20(26)23(21(28)29-17)16-12-18(24)22(19(16)25)14-5-3-2-4-6-14/h2-11,16H,12H2,1H3/b17-11+/t16-/m0/s1. The van der Waals surface area contributed by atoms with E-state index in [2.05, 4.69) is 0 Å². The Hall–Kier alpha value is -2.97. The van der Waals surface area contributed by atoms with Gasteiger partial charge in [-0.3, -0.25) is 19.3 Å². The third-order valence-corrected chi connectivity index (χ3v) is 6.02. The summed E-state index contributed by atoms with van der Waals surface area (Å²) < 4.78 is 5.41. The first-order valence-corrected chi connectivity index (χ1v) is 10.0. The third-order valence-electron chi connectivity index (χ3n) is 4.69. The van der Waals surface area contributed by atoms with Crippen LogP contribution in [0.15, 0.2) is 59.5 Å². The first-order valence-electron chi connectivity index (χ1n) is 8.82. The van der Waals surface area contributed by atoms with Gasteiger partial charge in [0.25, 0.3) is 11.8 Å². The number of amides is 3. The number of hydrogen-bond acceptors (Lipinski definition) is 6. The first-order chi connectivity index (χ1) is 14.0. The third kappa shape index (κ3) is 3.56.